The Morgan fingerprint density at radius 1 is 0.643 bits per heavy atom. The SMILES string of the molecule is CC1CC(=O)CC(c2cn(C)cn2)N1.S=S=S=S=S=S=S=S=S=S=S=S=S=S=S=S=S=S=S=S=S=S=S=S=S=S=S=S. The van der Waals surface area contributed by atoms with Crippen molar-refractivity contribution < 1.29 is 4.79 Å². The van der Waals surface area contributed by atoms with E-state index in [1.807, 2.05) is 114 Å². The Hall–Kier alpha value is 5.00. The maximum absolute atomic E-state index is 11.4. The largest absolute Gasteiger partial charge is 0.340 e. The first kappa shape index (κ1) is 45.0. The van der Waals surface area contributed by atoms with E-state index >= 15 is 0 Å². The average Bonchev–Trinajstić information content (AvgIpc) is 3.41. The minimum Gasteiger partial charge on any atom is -0.340 e. The highest BCUT2D eigenvalue weighted by Crippen LogP contribution is 2.21. The van der Waals surface area contributed by atoms with Crippen LogP contribution in [0.25, 0.3) is 0 Å². The molecule has 2 unspecified atom stereocenters. The Labute approximate surface area is 328 Å². The molecule has 1 aliphatic heterocycles. The molecule has 0 saturated carbocycles. The van der Waals surface area contributed by atoms with Gasteiger partial charge in [0, 0.05) is 285 Å². The second-order valence-electron chi connectivity index (χ2n) is 5.80. The quantitative estimate of drug-likeness (QED) is 0.451. The maximum atomic E-state index is 11.4. The number of Topliss-reactive ketones (excluding diaryl/α,β-unsaturated/α-hetero) is 1. The van der Waals surface area contributed by atoms with Gasteiger partial charge in [0.15, 0.2) is 0 Å². The molecule has 2 heterocycles. The number of aryl methyl sites for hydroxylation is 1. The fraction of sp³-hybridized carbons (Fsp3) is 0.600. The zero-order valence-corrected chi connectivity index (χ0v) is 42.8. The van der Waals surface area contributed by atoms with Gasteiger partial charge in [0.1, 0.15) is 5.78 Å². The third-order valence-corrected chi connectivity index (χ3v) is 58.8. The number of rotatable bonds is 1. The Kier molecular flexibility index (Phi) is 36.9. The summed E-state index contributed by atoms with van der Waals surface area (Å²) in [5, 5.41) is 3.38. The van der Waals surface area contributed by atoms with Crippen molar-refractivity contribution >= 4 is 259 Å². The molecule has 2 atom stereocenters. The van der Waals surface area contributed by atoms with Crippen molar-refractivity contribution in [2.24, 2.45) is 7.05 Å². The minimum atomic E-state index is 0.104. The minimum absolute atomic E-state index is 0.104. The number of hydrogen-bond acceptors (Lipinski definition) is 5. The maximum Gasteiger partial charge on any atom is 0.136 e. The number of nitrogens with zero attached hydrogens (tertiary/aromatic N) is 2. The molecule has 0 aliphatic carbocycles. The Bertz CT molecular complexity index is 2130. The molecule has 1 fully saturated rings. The zero-order chi connectivity index (χ0) is 30.5. The van der Waals surface area contributed by atoms with E-state index in [4.69, 9.17) is 22.4 Å². The van der Waals surface area contributed by atoms with Crippen LogP contribution < -0.4 is 5.32 Å². The summed E-state index contributed by atoms with van der Waals surface area (Å²) in [4.78, 5) is 15.6. The first-order valence-corrected chi connectivity index (χ1v) is 45.4. The van der Waals surface area contributed by atoms with Crippen LogP contribution in [-0.2, 0) is 265 Å². The van der Waals surface area contributed by atoms with E-state index in [1.54, 1.807) is 131 Å². The van der Waals surface area contributed by atoms with Gasteiger partial charge in [-0.05, 0) is 6.92 Å². The molecule has 0 bridgehead atoms. The number of aromatic nitrogens is 2. The molecule has 4 nitrogen and oxygen atoms in total. The van der Waals surface area contributed by atoms with Crippen LogP contribution in [0.1, 0.15) is 31.5 Å². The molecule has 1 aromatic heterocycles. The van der Waals surface area contributed by atoms with Crippen LogP contribution in [0.2, 0.25) is 0 Å². The molecule has 244 valence electrons. The number of ketones is 1. The van der Waals surface area contributed by atoms with Crippen LogP contribution in [-0.4, -0.2) is 21.4 Å². The highest BCUT2D eigenvalue weighted by molar-refractivity contribution is 8.79. The van der Waals surface area contributed by atoms with Crippen molar-refractivity contribution in [2.75, 3.05) is 0 Å². The lowest BCUT2D eigenvalue weighted by Gasteiger charge is -2.26. The van der Waals surface area contributed by atoms with Crippen molar-refractivity contribution in [1.29, 1.82) is 0 Å². The molecule has 0 radical (unpaired) electrons. The number of carbonyl (C=O) groups excluding carboxylic acids is 1. The summed E-state index contributed by atoms with van der Waals surface area (Å²) >= 11 is 9.56. The van der Waals surface area contributed by atoms with E-state index in [9.17, 15) is 4.79 Å². The monoisotopic (exact) mass is 1090 g/mol. The number of imidazole rings is 1. The van der Waals surface area contributed by atoms with E-state index in [1.165, 1.54) is 17.8 Å². The van der Waals surface area contributed by atoms with Gasteiger partial charge in [-0.25, -0.2) is 4.98 Å². The molecule has 42 heavy (non-hydrogen) atoms. The van der Waals surface area contributed by atoms with Gasteiger partial charge in [0.2, 0.25) is 0 Å². The van der Waals surface area contributed by atoms with Crippen molar-refractivity contribution in [3.8, 4) is 0 Å². The normalized spacial score (nSPS) is 14.4. The van der Waals surface area contributed by atoms with Crippen LogP contribution in [0.15, 0.2) is 12.5 Å². The molecule has 0 amide bonds. The number of nitrogens with one attached hydrogen (secondary N) is 1. The highest BCUT2D eigenvalue weighted by Gasteiger charge is 2.26. The second kappa shape index (κ2) is 34.4. The van der Waals surface area contributed by atoms with E-state index in [-0.39, 0.29) is 12.1 Å². The lowest BCUT2D eigenvalue weighted by atomic mass is 9.97. The molecule has 32 heteroatoms. The predicted molar refractivity (Wildman–Crippen MR) is 259 cm³/mol. The second-order valence-corrected chi connectivity index (χ2v) is 51.8. The third-order valence-electron chi connectivity index (χ3n) is 3.23. The van der Waals surface area contributed by atoms with Gasteiger partial charge < -0.3 is 9.88 Å². The zero-order valence-electron chi connectivity index (χ0n) is 20.0. The van der Waals surface area contributed by atoms with Gasteiger partial charge in [0.25, 0.3) is 0 Å². The molecule has 1 aromatic rings. The summed E-state index contributed by atoms with van der Waals surface area (Å²) in [7, 11) is 47.4. The predicted octanol–water partition coefficient (Wildman–Crippen LogP) is 0.735. The van der Waals surface area contributed by atoms with Crippen LogP contribution in [0.3, 0.4) is 0 Å². The van der Waals surface area contributed by atoms with E-state index in [0.29, 0.717) is 18.6 Å². The van der Waals surface area contributed by atoms with Crippen molar-refractivity contribution in [2.45, 2.75) is 31.8 Å². The topological polar surface area (TPSA) is 46.9 Å². The van der Waals surface area contributed by atoms with Crippen molar-refractivity contribution in [1.82, 2.24) is 14.9 Å². The molecule has 1 aliphatic rings. The first-order valence-electron chi connectivity index (χ1n) is 9.41. The summed E-state index contributed by atoms with van der Waals surface area (Å²) in [5.41, 5.74) is 0.965. The van der Waals surface area contributed by atoms with E-state index in [2.05, 4.69) is 10.3 Å². The fourth-order valence-electron chi connectivity index (χ4n) is 2.19. The Morgan fingerprint density at radius 2 is 0.976 bits per heavy atom. The van der Waals surface area contributed by atoms with E-state index in [0.717, 1.165) is 5.69 Å². The first-order chi connectivity index (χ1) is 20.6. The molecular formula is C10H15N3OS28. The standard InChI is InChI=1S/C10H15N3O.S28/c1-7-3-8(14)4-9(12-7)10-5-13(2)6-11-10;1-3-5-7-9-11-13-15-17-19-21-23-25-27-28-26-24-22-20-18-16-14-12-10-8-6-4-2/h5-7,9,12H,3-4H2,1-2H3;. The average molecular weight is 1090 g/mol. The van der Waals surface area contributed by atoms with Crippen molar-refractivity contribution in [3.05, 3.63) is 18.2 Å². The molecule has 0 aromatic carbocycles. The number of carbonyl (C=O) groups is 1. The molecular weight excluding hydrogens is 1080 g/mol. The number of hydrogen-bond donors (Lipinski definition) is 1. The Balaban J connectivity index is 0.000000517. The summed E-state index contributed by atoms with van der Waals surface area (Å²) in [6.45, 7) is 2.03. The molecule has 1 saturated heterocycles. The lowest BCUT2D eigenvalue weighted by Crippen LogP contribution is -2.39. The smallest absolute Gasteiger partial charge is 0.136 e. The fourth-order valence-corrected chi connectivity index (χ4v) is 68.1. The summed E-state index contributed by atoms with van der Waals surface area (Å²) in [5.74, 6) is 0.326. The summed E-state index contributed by atoms with van der Waals surface area (Å²) in [6, 6.07) is 0.371. The molecule has 0 spiro atoms. The van der Waals surface area contributed by atoms with Gasteiger partial charge in [-0.3, -0.25) is 4.79 Å². The lowest BCUT2D eigenvalue weighted by molar-refractivity contribution is -0.121. The van der Waals surface area contributed by atoms with Gasteiger partial charge in [-0.2, -0.15) is 0 Å². The number of piperidine rings is 1. The molecule has 1 N–H and O–H groups in total. The van der Waals surface area contributed by atoms with Gasteiger partial charge in [0.05, 0.1) is 18.1 Å². The van der Waals surface area contributed by atoms with Gasteiger partial charge >= 0.3 is 0 Å². The van der Waals surface area contributed by atoms with Gasteiger partial charge in [-0.15, -0.1) is 0 Å². The van der Waals surface area contributed by atoms with Crippen LogP contribution >= 0.6 is 0 Å². The molecule has 2 rings (SSSR count). The highest BCUT2D eigenvalue weighted by atomic mass is 33.5. The van der Waals surface area contributed by atoms with Crippen molar-refractivity contribution in [3.63, 3.8) is 0 Å². The third kappa shape index (κ3) is 28.8. The van der Waals surface area contributed by atoms with E-state index < -0.39 is 0 Å². The summed E-state index contributed by atoms with van der Waals surface area (Å²) in [6.07, 6.45) is 4.94. The van der Waals surface area contributed by atoms with Crippen LogP contribution in [0.5, 0.6) is 0 Å². The van der Waals surface area contributed by atoms with Gasteiger partial charge in [-0.1, -0.05) is 0 Å². The Morgan fingerprint density at radius 3 is 1.24 bits per heavy atom. The summed E-state index contributed by atoms with van der Waals surface area (Å²) < 4.78 is 1.90. The van der Waals surface area contributed by atoms with Crippen LogP contribution in [0, 0.1) is 0 Å². The van der Waals surface area contributed by atoms with Crippen LogP contribution in [0.4, 0.5) is 0 Å².